The van der Waals surface area contributed by atoms with Crippen molar-refractivity contribution in [3.05, 3.63) is 18.3 Å². The van der Waals surface area contributed by atoms with E-state index in [1.807, 2.05) is 19.1 Å². The van der Waals surface area contributed by atoms with Gasteiger partial charge in [-0.3, -0.25) is 0 Å². The molecule has 2 aromatic rings. The summed E-state index contributed by atoms with van der Waals surface area (Å²) >= 11 is 1.59. The number of ether oxygens (including phenoxy) is 1. The summed E-state index contributed by atoms with van der Waals surface area (Å²) < 4.78 is 5.26. The number of fused-ring (bicyclic) bond motifs is 1. The van der Waals surface area contributed by atoms with E-state index in [0.717, 1.165) is 41.7 Å². The van der Waals surface area contributed by atoms with Gasteiger partial charge in [0, 0.05) is 26.0 Å². The standard InChI is InChI=1S/C11H15N3OS/c1-2-15-8-4-7-13-11-14-9-5-3-6-12-10(9)16-11/h3,5-6H,2,4,7-8H2,1H3,(H,13,14). The highest BCUT2D eigenvalue weighted by Gasteiger charge is 2.02. The van der Waals surface area contributed by atoms with Gasteiger partial charge in [0.1, 0.15) is 10.3 Å². The van der Waals surface area contributed by atoms with Crippen LogP contribution in [0, 0.1) is 0 Å². The van der Waals surface area contributed by atoms with Crippen LogP contribution in [-0.2, 0) is 4.74 Å². The fourth-order valence-corrected chi connectivity index (χ4v) is 2.19. The number of nitrogens with one attached hydrogen (secondary N) is 1. The molecular weight excluding hydrogens is 222 g/mol. The Morgan fingerprint density at radius 1 is 1.50 bits per heavy atom. The molecule has 2 rings (SSSR count). The number of nitrogens with zero attached hydrogens (tertiary/aromatic N) is 2. The lowest BCUT2D eigenvalue weighted by Crippen LogP contribution is -2.05. The highest BCUT2D eigenvalue weighted by molar-refractivity contribution is 7.21. The summed E-state index contributed by atoms with van der Waals surface area (Å²) in [5, 5.41) is 4.22. The van der Waals surface area contributed by atoms with Gasteiger partial charge in [0.15, 0.2) is 5.13 Å². The van der Waals surface area contributed by atoms with Crippen LogP contribution in [0.5, 0.6) is 0 Å². The SMILES string of the molecule is CCOCCCNc1nc2cccnc2s1. The van der Waals surface area contributed by atoms with Gasteiger partial charge in [0.25, 0.3) is 0 Å². The molecule has 0 saturated carbocycles. The number of anilines is 1. The molecule has 1 N–H and O–H groups in total. The molecule has 0 aliphatic heterocycles. The Bertz CT molecular complexity index is 410. The van der Waals surface area contributed by atoms with Crippen LogP contribution in [0.2, 0.25) is 0 Å². The van der Waals surface area contributed by atoms with E-state index in [1.54, 1.807) is 17.5 Å². The van der Waals surface area contributed by atoms with Crippen LogP contribution < -0.4 is 5.32 Å². The van der Waals surface area contributed by atoms with Crippen LogP contribution in [-0.4, -0.2) is 29.7 Å². The number of thiazole rings is 1. The third-order valence-corrected chi connectivity index (χ3v) is 3.05. The molecule has 0 spiro atoms. The van der Waals surface area contributed by atoms with E-state index in [2.05, 4.69) is 15.3 Å². The van der Waals surface area contributed by atoms with Crippen molar-refractivity contribution in [3.63, 3.8) is 0 Å². The molecule has 0 fully saturated rings. The minimum Gasteiger partial charge on any atom is -0.382 e. The Balaban J connectivity index is 1.85. The topological polar surface area (TPSA) is 47.0 Å². The fourth-order valence-electron chi connectivity index (χ4n) is 1.36. The molecule has 0 aromatic carbocycles. The van der Waals surface area contributed by atoms with Crippen molar-refractivity contribution in [1.29, 1.82) is 0 Å². The zero-order chi connectivity index (χ0) is 11.2. The van der Waals surface area contributed by atoms with Crippen molar-refractivity contribution in [3.8, 4) is 0 Å². The minimum atomic E-state index is 0.783. The average Bonchev–Trinajstić information content (AvgIpc) is 2.71. The monoisotopic (exact) mass is 237 g/mol. The number of rotatable bonds is 6. The number of hydrogen-bond donors (Lipinski definition) is 1. The van der Waals surface area contributed by atoms with Crippen molar-refractivity contribution in [1.82, 2.24) is 9.97 Å². The molecular formula is C11H15N3OS. The fraction of sp³-hybridized carbons (Fsp3) is 0.455. The van der Waals surface area contributed by atoms with Gasteiger partial charge in [0.2, 0.25) is 0 Å². The Morgan fingerprint density at radius 2 is 2.44 bits per heavy atom. The maximum absolute atomic E-state index is 5.26. The molecule has 0 amide bonds. The molecule has 2 aromatic heterocycles. The quantitative estimate of drug-likeness (QED) is 0.784. The summed E-state index contributed by atoms with van der Waals surface area (Å²) in [6.07, 6.45) is 2.79. The Morgan fingerprint density at radius 3 is 3.25 bits per heavy atom. The van der Waals surface area contributed by atoms with Crippen LogP contribution >= 0.6 is 11.3 Å². The van der Waals surface area contributed by atoms with Gasteiger partial charge in [-0.05, 0) is 25.5 Å². The molecule has 0 aliphatic rings. The zero-order valence-electron chi connectivity index (χ0n) is 9.27. The lowest BCUT2D eigenvalue weighted by atomic mass is 10.4. The zero-order valence-corrected chi connectivity index (χ0v) is 10.1. The van der Waals surface area contributed by atoms with Crippen LogP contribution in [0.25, 0.3) is 10.3 Å². The van der Waals surface area contributed by atoms with Gasteiger partial charge in [-0.1, -0.05) is 11.3 Å². The van der Waals surface area contributed by atoms with Crippen LogP contribution in [0.1, 0.15) is 13.3 Å². The third-order valence-electron chi connectivity index (χ3n) is 2.11. The lowest BCUT2D eigenvalue weighted by molar-refractivity contribution is 0.147. The first-order chi connectivity index (χ1) is 7.90. The largest absolute Gasteiger partial charge is 0.382 e. The third kappa shape index (κ3) is 2.90. The smallest absolute Gasteiger partial charge is 0.185 e. The van der Waals surface area contributed by atoms with Crippen molar-refractivity contribution in [2.75, 3.05) is 25.1 Å². The first-order valence-corrected chi connectivity index (χ1v) is 6.25. The van der Waals surface area contributed by atoms with Crippen LogP contribution in [0.4, 0.5) is 5.13 Å². The molecule has 4 nitrogen and oxygen atoms in total. The predicted molar refractivity (Wildman–Crippen MR) is 67.0 cm³/mol. The van der Waals surface area contributed by atoms with Crippen LogP contribution in [0.15, 0.2) is 18.3 Å². The van der Waals surface area contributed by atoms with Crippen LogP contribution in [0.3, 0.4) is 0 Å². The molecule has 86 valence electrons. The second-order valence-corrected chi connectivity index (χ2v) is 4.30. The maximum atomic E-state index is 5.26. The molecule has 0 bridgehead atoms. The van der Waals surface area contributed by atoms with Crippen molar-refractivity contribution in [2.45, 2.75) is 13.3 Å². The molecule has 0 unspecified atom stereocenters. The highest BCUT2D eigenvalue weighted by atomic mass is 32.1. The molecule has 5 heteroatoms. The van der Waals surface area contributed by atoms with E-state index in [-0.39, 0.29) is 0 Å². The summed E-state index contributed by atoms with van der Waals surface area (Å²) in [7, 11) is 0. The first kappa shape index (κ1) is 11.3. The summed E-state index contributed by atoms with van der Waals surface area (Å²) in [5.74, 6) is 0. The number of hydrogen-bond acceptors (Lipinski definition) is 5. The molecule has 0 radical (unpaired) electrons. The van der Waals surface area contributed by atoms with Gasteiger partial charge in [-0.25, -0.2) is 9.97 Å². The summed E-state index contributed by atoms with van der Waals surface area (Å²) in [4.78, 5) is 9.67. The highest BCUT2D eigenvalue weighted by Crippen LogP contribution is 2.23. The maximum Gasteiger partial charge on any atom is 0.185 e. The van der Waals surface area contributed by atoms with E-state index in [1.165, 1.54) is 0 Å². The number of aromatic nitrogens is 2. The van der Waals surface area contributed by atoms with Gasteiger partial charge < -0.3 is 10.1 Å². The van der Waals surface area contributed by atoms with Crippen molar-refractivity contribution >= 4 is 26.8 Å². The summed E-state index contributed by atoms with van der Waals surface area (Å²) in [6.45, 7) is 4.48. The Labute approximate surface area is 98.7 Å². The Kier molecular flexibility index (Phi) is 4.07. The van der Waals surface area contributed by atoms with Gasteiger partial charge in [-0.15, -0.1) is 0 Å². The average molecular weight is 237 g/mol. The van der Waals surface area contributed by atoms with E-state index in [4.69, 9.17) is 4.74 Å². The second-order valence-electron chi connectivity index (χ2n) is 3.32. The second kappa shape index (κ2) is 5.77. The van der Waals surface area contributed by atoms with E-state index in [0.29, 0.717) is 0 Å². The van der Waals surface area contributed by atoms with Gasteiger partial charge in [-0.2, -0.15) is 0 Å². The lowest BCUT2D eigenvalue weighted by Gasteiger charge is -2.01. The van der Waals surface area contributed by atoms with Crippen molar-refractivity contribution in [2.24, 2.45) is 0 Å². The predicted octanol–water partition coefficient (Wildman–Crippen LogP) is 2.53. The van der Waals surface area contributed by atoms with Crippen molar-refractivity contribution < 1.29 is 4.74 Å². The van der Waals surface area contributed by atoms with E-state index >= 15 is 0 Å². The van der Waals surface area contributed by atoms with Gasteiger partial charge in [0.05, 0.1) is 0 Å². The molecule has 0 saturated heterocycles. The molecule has 0 atom stereocenters. The summed E-state index contributed by atoms with van der Waals surface area (Å²) in [6, 6.07) is 3.88. The van der Waals surface area contributed by atoms with Gasteiger partial charge >= 0.3 is 0 Å². The first-order valence-electron chi connectivity index (χ1n) is 5.43. The molecule has 16 heavy (non-hydrogen) atoms. The minimum absolute atomic E-state index is 0.783. The molecule has 0 aliphatic carbocycles. The van der Waals surface area contributed by atoms with E-state index < -0.39 is 0 Å². The molecule has 2 heterocycles. The van der Waals surface area contributed by atoms with E-state index in [9.17, 15) is 0 Å². The summed E-state index contributed by atoms with van der Waals surface area (Å²) in [5.41, 5.74) is 0.958. The normalized spacial score (nSPS) is 10.8. The number of pyridine rings is 1. The Hall–Kier alpha value is -1.20.